The lowest BCUT2D eigenvalue weighted by molar-refractivity contribution is -0.137. The average molecular weight is 311 g/mol. The number of likely N-dealkylation sites (N-methyl/N-ethyl adjacent to an activating group) is 1. The standard InChI is InChI=1S/C16H29N3O3/c1-16(2,3)22-15(21)19-11-5-6-13(19)14(20)18(4)12-7-9-17-10-8-12/h12-13,17H,5-11H2,1-4H3/t13-/m0/s1. The van der Waals surface area contributed by atoms with Gasteiger partial charge in [-0.25, -0.2) is 4.79 Å². The zero-order valence-electron chi connectivity index (χ0n) is 14.2. The van der Waals surface area contributed by atoms with Gasteiger partial charge in [0.2, 0.25) is 5.91 Å². The molecule has 126 valence electrons. The Morgan fingerprint density at radius 1 is 1.18 bits per heavy atom. The number of amides is 2. The molecule has 22 heavy (non-hydrogen) atoms. The van der Waals surface area contributed by atoms with E-state index >= 15 is 0 Å². The first-order valence-corrected chi connectivity index (χ1v) is 8.26. The van der Waals surface area contributed by atoms with Crippen LogP contribution in [-0.4, -0.2) is 66.2 Å². The largest absolute Gasteiger partial charge is 0.444 e. The van der Waals surface area contributed by atoms with Gasteiger partial charge in [0.1, 0.15) is 11.6 Å². The molecular formula is C16H29N3O3. The topological polar surface area (TPSA) is 61.9 Å². The zero-order valence-corrected chi connectivity index (χ0v) is 14.2. The summed E-state index contributed by atoms with van der Waals surface area (Å²) in [5.74, 6) is 0.0512. The van der Waals surface area contributed by atoms with Gasteiger partial charge in [-0.05, 0) is 59.5 Å². The van der Waals surface area contributed by atoms with Gasteiger partial charge >= 0.3 is 6.09 Å². The summed E-state index contributed by atoms with van der Waals surface area (Å²) in [5.41, 5.74) is -0.534. The molecule has 0 unspecified atom stereocenters. The first-order valence-electron chi connectivity index (χ1n) is 8.26. The minimum atomic E-state index is -0.534. The van der Waals surface area contributed by atoms with E-state index in [9.17, 15) is 9.59 Å². The fraction of sp³-hybridized carbons (Fsp3) is 0.875. The van der Waals surface area contributed by atoms with E-state index in [1.165, 1.54) is 0 Å². The lowest BCUT2D eigenvalue weighted by Gasteiger charge is -2.35. The predicted molar refractivity (Wildman–Crippen MR) is 84.6 cm³/mol. The Kier molecular flexibility index (Phi) is 5.32. The van der Waals surface area contributed by atoms with Crippen LogP contribution in [0.25, 0.3) is 0 Å². The second-order valence-corrected chi connectivity index (χ2v) is 7.26. The van der Waals surface area contributed by atoms with Crippen molar-refractivity contribution in [3.05, 3.63) is 0 Å². The Morgan fingerprint density at radius 3 is 2.41 bits per heavy atom. The Hall–Kier alpha value is -1.30. The molecule has 0 radical (unpaired) electrons. The number of likely N-dealkylation sites (tertiary alicyclic amines) is 1. The Balaban J connectivity index is 1.99. The Morgan fingerprint density at radius 2 is 1.82 bits per heavy atom. The highest BCUT2D eigenvalue weighted by Crippen LogP contribution is 2.23. The van der Waals surface area contributed by atoms with Crippen LogP contribution in [-0.2, 0) is 9.53 Å². The quantitative estimate of drug-likeness (QED) is 0.841. The number of ether oxygens (including phenoxy) is 1. The van der Waals surface area contributed by atoms with Crippen molar-refractivity contribution in [2.24, 2.45) is 0 Å². The van der Waals surface area contributed by atoms with Crippen molar-refractivity contribution in [1.82, 2.24) is 15.1 Å². The predicted octanol–water partition coefficient (Wildman–Crippen LogP) is 1.60. The van der Waals surface area contributed by atoms with E-state index in [4.69, 9.17) is 4.74 Å². The van der Waals surface area contributed by atoms with Gasteiger partial charge < -0.3 is 15.0 Å². The third-order valence-corrected chi connectivity index (χ3v) is 4.37. The maximum absolute atomic E-state index is 12.8. The zero-order chi connectivity index (χ0) is 16.3. The second-order valence-electron chi connectivity index (χ2n) is 7.26. The molecule has 1 N–H and O–H groups in total. The van der Waals surface area contributed by atoms with E-state index in [0.29, 0.717) is 6.54 Å². The van der Waals surface area contributed by atoms with Crippen LogP contribution in [0.1, 0.15) is 46.5 Å². The molecule has 1 atom stereocenters. The number of piperidine rings is 1. The lowest BCUT2D eigenvalue weighted by Crippen LogP contribution is -2.52. The van der Waals surface area contributed by atoms with E-state index in [2.05, 4.69) is 5.32 Å². The molecule has 0 saturated carbocycles. The molecule has 0 aromatic rings. The van der Waals surface area contributed by atoms with Gasteiger partial charge in [-0.2, -0.15) is 0 Å². The van der Waals surface area contributed by atoms with Gasteiger partial charge in [-0.3, -0.25) is 9.69 Å². The van der Waals surface area contributed by atoms with Crippen LogP contribution in [0.3, 0.4) is 0 Å². The number of hydrogen-bond donors (Lipinski definition) is 1. The fourth-order valence-electron chi connectivity index (χ4n) is 3.17. The van der Waals surface area contributed by atoms with Gasteiger partial charge in [0.05, 0.1) is 0 Å². The first-order chi connectivity index (χ1) is 10.3. The number of nitrogens with zero attached hydrogens (tertiary/aromatic N) is 2. The molecule has 6 heteroatoms. The number of carbonyl (C=O) groups is 2. The summed E-state index contributed by atoms with van der Waals surface area (Å²) < 4.78 is 5.43. The van der Waals surface area contributed by atoms with E-state index in [-0.39, 0.29) is 24.1 Å². The van der Waals surface area contributed by atoms with E-state index in [1.807, 2.05) is 32.7 Å². The highest BCUT2D eigenvalue weighted by molar-refractivity contribution is 5.86. The van der Waals surface area contributed by atoms with E-state index < -0.39 is 5.60 Å². The van der Waals surface area contributed by atoms with E-state index in [1.54, 1.807) is 4.90 Å². The molecule has 2 aliphatic rings. The third kappa shape index (κ3) is 4.12. The van der Waals surface area contributed by atoms with E-state index in [0.717, 1.165) is 38.8 Å². The average Bonchev–Trinajstić information content (AvgIpc) is 2.94. The molecule has 2 rings (SSSR count). The minimum Gasteiger partial charge on any atom is -0.444 e. The summed E-state index contributed by atoms with van der Waals surface area (Å²) >= 11 is 0. The molecule has 2 saturated heterocycles. The summed E-state index contributed by atoms with van der Waals surface area (Å²) in [6, 6.07) is -0.0930. The molecule has 2 amide bonds. The molecule has 0 aliphatic carbocycles. The summed E-state index contributed by atoms with van der Waals surface area (Å²) in [7, 11) is 1.86. The normalized spacial score (nSPS) is 23.5. The van der Waals surface area contributed by atoms with Crippen LogP contribution in [0.5, 0.6) is 0 Å². The van der Waals surface area contributed by atoms with Crippen LogP contribution in [0.2, 0.25) is 0 Å². The summed E-state index contributed by atoms with van der Waals surface area (Å²) in [5, 5.41) is 3.31. The maximum atomic E-state index is 12.8. The number of carbonyl (C=O) groups excluding carboxylic acids is 2. The first kappa shape index (κ1) is 17.1. The molecule has 0 bridgehead atoms. The highest BCUT2D eigenvalue weighted by atomic mass is 16.6. The molecule has 0 aromatic heterocycles. The van der Waals surface area contributed by atoms with Crippen LogP contribution < -0.4 is 5.32 Å². The summed E-state index contributed by atoms with van der Waals surface area (Å²) in [6.07, 6.45) is 3.16. The highest BCUT2D eigenvalue weighted by Gasteiger charge is 2.39. The smallest absolute Gasteiger partial charge is 0.410 e. The lowest BCUT2D eigenvalue weighted by atomic mass is 10.0. The number of rotatable bonds is 2. The molecule has 0 spiro atoms. The van der Waals surface area contributed by atoms with Gasteiger partial charge in [0.25, 0.3) is 0 Å². The van der Waals surface area contributed by atoms with Gasteiger partial charge in [0.15, 0.2) is 0 Å². The minimum absolute atomic E-state index is 0.0512. The van der Waals surface area contributed by atoms with Crippen LogP contribution >= 0.6 is 0 Å². The van der Waals surface area contributed by atoms with Crippen molar-refractivity contribution in [3.63, 3.8) is 0 Å². The molecule has 6 nitrogen and oxygen atoms in total. The maximum Gasteiger partial charge on any atom is 0.410 e. The summed E-state index contributed by atoms with van der Waals surface area (Å²) in [4.78, 5) is 28.5. The number of hydrogen-bond acceptors (Lipinski definition) is 4. The van der Waals surface area contributed by atoms with Crippen LogP contribution in [0.4, 0.5) is 4.79 Å². The Bertz CT molecular complexity index is 413. The number of nitrogens with one attached hydrogen (secondary N) is 1. The van der Waals surface area contributed by atoms with Crippen LogP contribution in [0, 0.1) is 0 Å². The Labute approximate surface area is 133 Å². The van der Waals surface area contributed by atoms with Crippen molar-refractivity contribution < 1.29 is 14.3 Å². The second kappa shape index (κ2) is 6.86. The van der Waals surface area contributed by atoms with Crippen LogP contribution in [0.15, 0.2) is 0 Å². The third-order valence-electron chi connectivity index (χ3n) is 4.37. The van der Waals surface area contributed by atoms with Crippen molar-refractivity contribution in [3.8, 4) is 0 Å². The molecular weight excluding hydrogens is 282 g/mol. The van der Waals surface area contributed by atoms with Gasteiger partial charge in [-0.1, -0.05) is 0 Å². The van der Waals surface area contributed by atoms with Crippen molar-refractivity contribution in [2.75, 3.05) is 26.7 Å². The van der Waals surface area contributed by atoms with Crippen molar-refractivity contribution in [2.45, 2.75) is 64.1 Å². The summed E-state index contributed by atoms with van der Waals surface area (Å²) in [6.45, 7) is 8.04. The monoisotopic (exact) mass is 311 g/mol. The molecule has 2 fully saturated rings. The van der Waals surface area contributed by atoms with Crippen molar-refractivity contribution in [1.29, 1.82) is 0 Å². The molecule has 0 aromatic carbocycles. The fourth-order valence-corrected chi connectivity index (χ4v) is 3.17. The SMILES string of the molecule is CN(C(=O)[C@@H]1CCCN1C(=O)OC(C)(C)C)C1CCNCC1. The molecule has 2 heterocycles. The van der Waals surface area contributed by atoms with Crippen molar-refractivity contribution >= 4 is 12.0 Å². The molecule has 2 aliphatic heterocycles. The van der Waals surface area contributed by atoms with Gasteiger partial charge in [0, 0.05) is 19.6 Å². The van der Waals surface area contributed by atoms with Gasteiger partial charge in [-0.15, -0.1) is 0 Å².